The third-order valence-corrected chi connectivity index (χ3v) is 5.59. The molecule has 0 aromatic heterocycles. The number of hydrogen-bond donors (Lipinski definition) is 0. The lowest BCUT2D eigenvalue weighted by Crippen LogP contribution is -2.36. The maximum absolute atomic E-state index is 13.5. The number of nitrogens with zero attached hydrogens (tertiary/aromatic N) is 3. The first kappa shape index (κ1) is 17.0. The van der Waals surface area contributed by atoms with Crippen molar-refractivity contribution in [2.75, 3.05) is 0 Å². The van der Waals surface area contributed by atoms with Crippen LogP contribution in [0.25, 0.3) is 6.08 Å². The number of benzene rings is 2. The fourth-order valence-electron chi connectivity index (χ4n) is 4.50. The summed E-state index contributed by atoms with van der Waals surface area (Å²) in [4.78, 5) is 14.4. The van der Waals surface area contributed by atoms with Gasteiger partial charge in [0.2, 0.25) is 0 Å². The highest BCUT2D eigenvalue weighted by atomic mass is 19.1. The molecule has 0 saturated carbocycles. The number of nitriles is 2. The standard InChI is InChI=1S/C22H16FN3O/c1-14(27)20-19(16-6-8-17(23)9-7-16)22(12-24,13-25)21-18-5-3-2-4-15(18)10-11-26(20)21/h2-11,19-21H,1H3/t19-,20-,21-/m0/s1. The summed E-state index contributed by atoms with van der Waals surface area (Å²) in [5, 5.41) is 20.3. The number of carbonyl (C=O) groups excluding carboxylic acids is 1. The summed E-state index contributed by atoms with van der Waals surface area (Å²) in [5.74, 6) is -1.23. The van der Waals surface area contributed by atoms with Crippen LogP contribution < -0.4 is 0 Å². The second-order valence-corrected chi connectivity index (χ2v) is 6.97. The Kier molecular flexibility index (Phi) is 3.82. The minimum atomic E-state index is -1.48. The first-order valence-corrected chi connectivity index (χ1v) is 8.66. The van der Waals surface area contributed by atoms with Crippen molar-refractivity contribution in [1.29, 1.82) is 10.5 Å². The number of Topliss-reactive ketones (excluding diaryl/α,β-unsaturated/α-hetero) is 1. The molecule has 4 rings (SSSR count). The van der Waals surface area contributed by atoms with E-state index < -0.39 is 29.2 Å². The van der Waals surface area contributed by atoms with Gasteiger partial charge in [0.25, 0.3) is 0 Å². The smallest absolute Gasteiger partial charge is 0.177 e. The average Bonchev–Trinajstić information content (AvgIpc) is 3.00. The lowest BCUT2D eigenvalue weighted by atomic mass is 9.68. The highest BCUT2D eigenvalue weighted by Crippen LogP contribution is 2.59. The van der Waals surface area contributed by atoms with Crippen molar-refractivity contribution in [3.63, 3.8) is 0 Å². The predicted octanol–water partition coefficient (Wildman–Crippen LogP) is 3.94. The zero-order valence-electron chi connectivity index (χ0n) is 14.6. The lowest BCUT2D eigenvalue weighted by Gasteiger charge is -2.34. The number of halogens is 1. The van der Waals surface area contributed by atoms with Gasteiger partial charge in [-0.3, -0.25) is 4.79 Å². The molecular weight excluding hydrogens is 341 g/mol. The molecule has 0 bridgehead atoms. The van der Waals surface area contributed by atoms with Crippen LogP contribution in [0.4, 0.5) is 4.39 Å². The van der Waals surface area contributed by atoms with Crippen LogP contribution >= 0.6 is 0 Å². The molecule has 27 heavy (non-hydrogen) atoms. The average molecular weight is 357 g/mol. The molecule has 1 fully saturated rings. The van der Waals surface area contributed by atoms with Gasteiger partial charge in [0.1, 0.15) is 5.82 Å². The molecule has 5 heteroatoms. The van der Waals surface area contributed by atoms with Crippen LogP contribution in [0.15, 0.2) is 54.7 Å². The molecule has 4 nitrogen and oxygen atoms in total. The number of rotatable bonds is 2. The largest absolute Gasteiger partial charge is 0.357 e. The van der Waals surface area contributed by atoms with Gasteiger partial charge in [-0.1, -0.05) is 36.4 Å². The Labute approximate surface area is 156 Å². The Morgan fingerprint density at radius 3 is 2.41 bits per heavy atom. The molecule has 0 N–H and O–H groups in total. The molecule has 2 aromatic carbocycles. The number of ketones is 1. The summed E-state index contributed by atoms with van der Waals surface area (Å²) in [7, 11) is 0. The van der Waals surface area contributed by atoms with E-state index in [1.54, 1.807) is 18.3 Å². The van der Waals surface area contributed by atoms with E-state index in [0.717, 1.165) is 11.1 Å². The SMILES string of the molecule is CC(=O)[C@H]1[C@H](c2ccc(F)cc2)C(C#N)(C#N)[C@@H]2c3ccccc3C=CN21. The van der Waals surface area contributed by atoms with Crippen LogP contribution in [-0.2, 0) is 4.79 Å². The van der Waals surface area contributed by atoms with E-state index in [9.17, 15) is 19.7 Å². The fraction of sp³-hybridized carbons (Fsp3) is 0.227. The number of carbonyl (C=O) groups is 1. The highest BCUT2D eigenvalue weighted by molar-refractivity contribution is 5.85. The summed E-state index contributed by atoms with van der Waals surface area (Å²) in [5.41, 5.74) is 0.907. The number of hydrogen-bond acceptors (Lipinski definition) is 4. The van der Waals surface area contributed by atoms with Gasteiger partial charge in [-0.25, -0.2) is 4.39 Å². The highest BCUT2D eigenvalue weighted by Gasteiger charge is 2.63. The van der Waals surface area contributed by atoms with E-state index in [4.69, 9.17) is 0 Å². The van der Waals surface area contributed by atoms with Gasteiger partial charge in [-0.2, -0.15) is 10.5 Å². The van der Waals surface area contributed by atoms with Crippen molar-refractivity contribution in [2.24, 2.45) is 5.41 Å². The molecule has 0 amide bonds. The monoisotopic (exact) mass is 357 g/mol. The molecule has 0 spiro atoms. The van der Waals surface area contributed by atoms with E-state index in [-0.39, 0.29) is 5.78 Å². The lowest BCUT2D eigenvalue weighted by molar-refractivity contribution is -0.121. The van der Waals surface area contributed by atoms with Crippen LogP contribution in [0, 0.1) is 33.9 Å². The molecule has 132 valence electrons. The normalized spacial score (nSPS) is 24.4. The Morgan fingerprint density at radius 2 is 1.78 bits per heavy atom. The van der Waals surface area contributed by atoms with Crippen molar-refractivity contribution in [2.45, 2.75) is 24.9 Å². The molecular formula is C22H16FN3O. The molecule has 3 atom stereocenters. The molecule has 0 radical (unpaired) electrons. The minimum absolute atomic E-state index is 0.134. The summed E-state index contributed by atoms with van der Waals surface area (Å²) in [6.07, 6.45) is 3.69. The van der Waals surface area contributed by atoms with Gasteiger partial charge in [-0.15, -0.1) is 0 Å². The van der Waals surface area contributed by atoms with E-state index in [0.29, 0.717) is 5.56 Å². The van der Waals surface area contributed by atoms with Crippen molar-refractivity contribution >= 4 is 11.9 Å². The van der Waals surface area contributed by atoms with Gasteiger partial charge in [-0.05, 0) is 41.8 Å². The second kappa shape index (κ2) is 6.07. The molecule has 0 aliphatic carbocycles. The Morgan fingerprint density at radius 1 is 1.11 bits per heavy atom. The van der Waals surface area contributed by atoms with Gasteiger partial charge < -0.3 is 4.90 Å². The molecule has 2 aromatic rings. The quantitative estimate of drug-likeness (QED) is 0.816. The van der Waals surface area contributed by atoms with Crippen molar-refractivity contribution in [1.82, 2.24) is 4.90 Å². The zero-order chi connectivity index (χ0) is 19.2. The van der Waals surface area contributed by atoms with Crippen LogP contribution in [0.3, 0.4) is 0 Å². The summed E-state index contributed by atoms with van der Waals surface area (Å²) >= 11 is 0. The van der Waals surface area contributed by atoms with Crippen LogP contribution in [0.5, 0.6) is 0 Å². The summed E-state index contributed by atoms with van der Waals surface area (Å²) in [6.45, 7) is 1.47. The Hall–Kier alpha value is -3.44. The van der Waals surface area contributed by atoms with Crippen molar-refractivity contribution < 1.29 is 9.18 Å². The van der Waals surface area contributed by atoms with Gasteiger partial charge >= 0.3 is 0 Å². The van der Waals surface area contributed by atoms with Crippen LogP contribution in [-0.4, -0.2) is 16.7 Å². The van der Waals surface area contributed by atoms with E-state index in [2.05, 4.69) is 12.1 Å². The maximum atomic E-state index is 13.5. The van der Waals surface area contributed by atoms with Gasteiger partial charge in [0.15, 0.2) is 11.2 Å². The van der Waals surface area contributed by atoms with E-state index >= 15 is 0 Å². The molecule has 1 saturated heterocycles. The fourth-order valence-corrected chi connectivity index (χ4v) is 4.50. The third-order valence-electron chi connectivity index (χ3n) is 5.59. The zero-order valence-corrected chi connectivity index (χ0v) is 14.6. The van der Waals surface area contributed by atoms with Crippen molar-refractivity contribution in [3.8, 4) is 12.1 Å². The molecule has 2 aliphatic rings. The molecule has 2 aliphatic heterocycles. The maximum Gasteiger partial charge on any atom is 0.177 e. The van der Waals surface area contributed by atoms with E-state index in [1.807, 2.05) is 35.2 Å². The van der Waals surface area contributed by atoms with E-state index in [1.165, 1.54) is 19.1 Å². The van der Waals surface area contributed by atoms with Gasteiger partial charge in [0.05, 0.1) is 24.2 Å². The first-order valence-electron chi connectivity index (χ1n) is 8.66. The Bertz CT molecular complexity index is 1010. The number of fused-ring (bicyclic) bond motifs is 3. The topological polar surface area (TPSA) is 67.9 Å². The minimum Gasteiger partial charge on any atom is -0.357 e. The molecule has 0 unspecified atom stereocenters. The summed E-state index contributed by atoms with van der Waals surface area (Å²) < 4.78 is 13.5. The Balaban J connectivity index is 2.00. The third kappa shape index (κ3) is 2.29. The summed E-state index contributed by atoms with van der Waals surface area (Å²) in [6, 6.07) is 16.5. The molecule has 2 heterocycles. The predicted molar refractivity (Wildman–Crippen MR) is 97.3 cm³/mol. The second-order valence-electron chi connectivity index (χ2n) is 6.97. The van der Waals surface area contributed by atoms with Crippen LogP contribution in [0.2, 0.25) is 0 Å². The first-order chi connectivity index (χ1) is 13.0. The van der Waals surface area contributed by atoms with Gasteiger partial charge in [0, 0.05) is 12.1 Å². The van der Waals surface area contributed by atoms with Crippen molar-refractivity contribution in [3.05, 3.63) is 77.2 Å². The van der Waals surface area contributed by atoms with Crippen LogP contribution in [0.1, 0.15) is 35.6 Å².